The number of aromatic amines is 1. The highest BCUT2D eigenvalue weighted by Crippen LogP contribution is 2.31. The Kier molecular flexibility index (Phi) is 2.17. The van der Waals surface area contributed by atoms with E-state index in [-0.39, 0.29) is 0 Å². The van der Waals surface area contributed by atoms with Gasteiger partial charge in [-0.3, -0.25) is 4.79 Å². The Hall–Kier alpha value is -1.48. The number of carbonyl (C=O) groups excluding carboxylic acids is 1. The van der Waals surface area contributed by atoms with Gasteiger partial charge in [0.05, 0.1) is 23.3 Å². The van der Waals surface area contributed by atoms with E-state index in [4.69, 9.17) is 16.3 Å². The molecule has 1 aromatic heterocycles. The molecule has 4 heteroatoms. The van der Waals surface area contributed by atoms with Crippen molar-refractivity contribution in [2.45, 2.75) is 0 Å². The lowest BCUT2D eigenvalue weighted by Crippen LogP contribution is -1.83. The zero-order valence-electron chi connectivity index (χ0n) is 7.50. The van der Waals surface area contributed by atoms with E-state index in [1.165, 1.54) is 0 Å². The third kappa shape index (κ3) is 1.17. The fraction of sp³-hybridized carbons (Fsp3) is 0.100. The number of hydrogen-bond donors (Lipinski definition) is 1. The lowest BCUT2D eigenvalue weighted by Gasteiger charge is -1.99. The zero-order chi connectivity index (χ0) is 10.1. The number of para-hydroxylation sites is 1. The van der Waals surface area contributed by atoms with Gasteiger partial charge < -0.3 is 9.72 Å². The molecule has 0 saturated carbocycles. The first-order chi connectivity index (χ1) is 6.77. The Bertz CT molecular complexity index is 490. The molecule has 0 unspecified atom stereocenters. The van der Waals surface area contributed by atoms with Gasteiger partial charge in [0, 0.05) is 5.39 Å². The molecule has 2 rings (SSSR count). The first kappa shape index (κ1) is 9.09. The van der Waals surface area contributed by atoms with Crippen LogP contribution in [0.5, 0.6) is 5.75 Å². The highest BCUT2D eigenvalue weighted by molar-refractivity contribution is 6.38. The van der Waals surface area contributed by atoms with Crippen molar-refractivity contribution in [1.29, 1.82) is 0 Å². The van der Waals surface area contributed by atoms with Crippen LogP contribution in [0, 0.1) is 0 Å². The summed E-state index contributed by atoms with van der Waals surface area (Å²) < 4.78 is 5.13. The number of carbonyl (C=O) groups is 1. The zero-order valence-corrected chi connectivity index (χ0v) is 8.26. The van der Waals surface area contributed by atoms with Gasteiger partial charge in [0.25, 0.3) is 0 Å². The molecule has 1 aromatic carbocycles. The van der Waals surface area contributed by atoms with Gasteiger partial charge in [-0.2, -0.15) is 0 Å². The molecule has 72 valence electrons. The van der Waals surface area contributed by atoms with Gasteiger partial charge in [-0.25, -0.2) is 0 Å². The molecule has 14 heavy (non-hydrogen) atoms. The standard InChI is InChI=1S/C10H8ClNO2/c1-14-8-4-2-3-6-9(11)7(5-13)12-10(6)8/h2-5,12H,1H3. The fourth-order valence-electron chi connectivity index (χ4n) is 1.43. The number of ether oxygens (including phenoxy) is 1. The lowest BCUT2D eigenvalue weighted by molar-refractivity contribution is 0.112. The minimum absolute atomic E-state index is 0.381. The largest absolute Gasteiger partial charge is 0.495 e. The molecule has 0 aliphatic heterocycles. The molecular weight excluding hydrogens is 202 g/mol. The van der Waals surface area contributed by atoms with Gasteiger partial charge in [-0.15, -0.1) is 0 Å². The van der Waals surface area contributed by atoms with Crippen LogP contribution in [0.4, 0.5) is 0 Å². The van der Waals surface area contributed by atoms with E-state index in [0.29, 0.717) is 22.8 Å². The van der Waals surface area contributed by atoms with E-state index < -0.39 is 0 Å². The van der Waals surface area contributed by atoms with E-state index in [1.807, 2.05) is 18.2 Å². The smallest absolute Gasteiger partial charge is 0.167 e. The maximum absolute atomic E-state index is 10.6. The van der Waals surface area contributed by atoms with Crippen molar-refractivity contribution < 1.29 is 9.53 Å². The third-order valence-electron chi connectivity index (χ3n) is 2.10. The molecule has 0 radical (unpaired) electrons. The predicted molar refractivity (Wildman–Crippen MR) is 55.2 cm³/mol. The van der Waals surface area contributed by atoms with E-state index in [0.717, 1.165) is 10.9 Å². The predicted octanol–water partition coefficient (Wildman–Crippen LogP) is 2.64. The number of aromatic nitrogens is 1. The van der Waals surface area contributed by atoms with Crippen LogP contribution in [0.15, 0.2) is 18.2 Å². The summed E-state index contributed by atoms with van der Waals surface area (Å²) in [5.74, 6) is 0.678. The molecule has 2 aromatic rings. The van der Waals surface area contributed by atoms with Crippen LogP contribution in [0.25, 0.3) is 10.9 Å². The maximum Gasteiger partial charge on any atom is 0.167 e. The number of nitrogens with one attached hydrogen (secondary N) is 1. The van der Waals surface area contributed by atoms with Crippen LogP contribution in [0.2, 0.25) is 5.02 Å². The Balaban J connectivity index is 2.83. The first-order valence-corrected chi connectivity index (χ1v) is 4.45. The summed E-state index contributed by atoms with van der Waals surface area (Å²) in [6.07, 6.45) is 0.696. The minimum atomic E-state index is 0.381. The fourth-order valence-corrected chi connectivity index (χ4v) is 1.68. The van der Waals surface area contributed by atoms with Gasteiger partial charge in [0.1, 0.15) is 5.75 Å². The van der Waals surface area contributed by atoms with E-state index in [2.05, 4.69) is 4.98 Å². The first-order valence-electron chi connectivity index (χ1n) is 4.07. The summed E-state index contributed by atoms with van der Waals surface area (Å²) >= 11 is 5.97. The highest BCUT2D eigenvalue weighted by atomic mass is 35.5. The van der Waals surface area contributed by atoms with Crippen molar-refractivity contribution in [2.75, 3.05) is 7.11 Å². The minimum Gasteiger partial charge on any atom is -0.495 e. The lowest BCUT2D eigenvalue weighted by atomic mass is 10.2. The second-order valence-corrected chi connectivity index (χ2v) is 3.23. The Morgan fingerprint density at radius 2 is 2.29 bits per heavy atom. The van der Waals surface area contributed by atoms with Gasteiger partial charge in [0.15, 0.2) is 6.29 Å². The number of rotatable bonds is 2. The number of hydrogen-bond acceptors (Lipinski definition) is 2. The topological polar surface area (TPSA) is 42.1 Å². The summed E-state index contributed by atoms with van der Waals surface area (Å²) in [4.78, 5) is 13.5. The molecule has 0 atom stereocenters. The quantitative estimate of drug-likeness (QED) is 0.773. The second kappa shape index (κ2) is 3.35. The maximum atomic E-state index is 10.6. The number of methoxy groups -OCH3 is 1. The summed E-state index contributed by atoms with van der Waals surface area (Å²) in [6, 6.07) is 5.48. The Morgan fingerprint density at radius 1 is 1.50 bits per heavy atom. The van der Waals surface area contributed by atoms with Crippen LogP contribution in [-0.2, 0) is 0 Å². The van der Waals surface area contributed by atoms with Gasteiger partial charge in [0.2, 0.25) is 0 Å². The van der Waals surface area contributed by atoms with Crippen molar-refractivity contribution in [3.63, 3.8) is 0 Å². The van der Waals surface area contributed by atoms with Crippen molar-refractivity contribution in [2.24, 2.45) is 0 Å². The van der Waals surface area contributed by atoms with Crippen LogP contribution < -0.4 is 4.74 Å². The van der Waals surface area contributed by atoms with Gasteiger partial charge in [-0.05, 0) is 6.07 Å². The SMILES string of the molecule is COc1cccc2c(Cl)c(C=O)[nH]c12. The normalized spacial score (nSPS) is 10.4. The summed E-state index contributed by atoms with van der Waals surface area (Å²) in [6.45, 7) is 0. The average Bonchev–Trinajstić information content (AvgIpc) is 2.55. The summed E-state index contributed by atoms with van der Waals surface area (Å²) in [5, 5.41) is 1.24. The number of halogens is 1. The summed E-state index contributed by atoms with van der Waals surface area (Å²) in [7, 11) is 1.57. The van der Waals surface area contributed by atoms with Crippen LogP contribution >= 0.6 is 11.6 Å². The molecule has 1 N–H and O–H groups in total. The molecule has 3 nitrogen and oxygen atoms in total. The van der Waals surface area contributed by atoms with E-state index in [1.54, 1.807) is 7.11 Å². The molecule has 0 aliphatic rings. The third-order valence-corrected chi connectivity index (χ3v) is 2.50. The molecule has 0 spiro atoms. The molecular formula is C10H8ClNO2. The van der Waals surface area contributed by atoms with E-state index in [9.17, 15) is 4.79 Å². The molecule has 0 fully saturated rings. The van der Waals surface area contributed by atoms with Crippen LogP contribution in [-0.4, -0.2) is 18.4 Å². The number of fused-ring (bicyclic) bond motifs is 1. The van der Waals surface area contributed by atoms with Gasteiger partial charge in [-0.1, -0.05) is 23.7 Å². The Labute approximate surface area is 85.6 Å². The molecule has 0 aliphatic carbocycles. The van der Waals surface area contributed by atoms with Crippen molar-refractivity contribution in [3.05, 3.63) is 28.9 Å². The van der Waals surface area contributed by atoms with Crippen LogP contribution in [0.3, 0.4) is 0 Å². The average molecular weight is 210 g/mol. The molecule has 0 amide bonds. The van der Waals surface area contributed by atoms with Crippen molar-refractivity contribution in [3.8, 4) is 5.75 Å². The van der Waals surface area contributed by atoms with Gasteiger partial charge >= 0.3 is 0 Å². The monoisotopic (exact) mass is 209 g/mol. The number of H-pyrrole nitrogens is 1. The molecule has 0 saturated heterocycles. The summed E-state index contributed by atoms with van der Waals surface area (Å²) in [5.41, 5.74) is 1.13. The number of benzene rings is 1. The molecule has 1 heterocycles. The number of aldehydes is 1. The highest BCUT2D eigenvalue weighted by Gasteiger charge is 2.11. The molecule has 0 bridgehead atoms. The van der Waals surface area contributed by atoms with Crippen molar-refractivity contribution >= 4 is 28.8 Å². The van der Waals surface area contributed by atoms with Crippen LogP contribution in [0.1, 0.15) is 10.5 Å². The van der Waals surface area contributed by atoms with E-state index >= 15 is 0 Å². The van der Waals surface area contributed by atoms with Crippen molar-refractivity contribution in [1.82, 2.24) is 4.98 Å². The Morgan fingerprint density at radius 3 is 2.93 bits per heavy atom. The second-order valence-electron chi connectivity index (χ2n) is 2.85.